The lowest BCUT2D eigenvalue weighted by Gasteiger charge is -2.23. The second kappa shape index (κ2) is 7.04. The Kier molecular flexibility index (Phi) is 5.69. The van der Waals surface area contributed by atoms with E-state index in [1.54, 1.807) is 6.92 Å². The monoisotopic (exact) mass is 282 g/mol. The molecule has 1 fully saturated rings. The lowest BCUT2D eigenvalue weighted by atomic mass is 10.1. The molecule has 0 aromatic heterocycles. The molecule has 0 spiro atoms. The van der Waals surface area contributed by atoms with Crippen molar-refractivity contribution in [2.24, 2.45) is 11.7 Å². The van der Waals surface area contributed by atoms with Crippen LogP contribution < -0.4 is 11.1 Å². The van der Waals surface area contributed by atoms with Crippen molar-refractivity contribution in [3.8, 4) is 0 Å². The zero-order valence-corrected chi connectivity index (χ0v) is 11.8. The molecule has 1 heterocycles. The maximum absolute atomic E-state index is 11.1. The maximum atomic E-state index is 11.1. The van der Waals surface area contributed by atoms with Crippen LogP contribution in [0.1, 0.15) is 20.3 Å². The van der Waals surface area contributed by atoms with Gasteiger partial charge in [-0.25, -0.2) is 0 Å². The van der Waals surface area contributed by atoms with Crippen LogP contribution in [-0.2, 0) is 9.59 Å². The number of hydrogen-bond donors (Lipinski definition) is 4. The third-order valence-corrected chi connectivity index (χ3v) is 3.47. The third-order valence-electron chi connectivity index (χ3n) is 3.47. The summed E-state index contributed by atoms with van der Waals surface area (Å²) in [7, 11) is 0. The van der Waals surface area contributed by atoms with Gasteiger partial charge in [-0.05, 0) is 26.8 Å². The molecule has 1 amide bonds. The number of nitrogens with two attached hydrogens (primary N) is 1. The zero-order valence-electron chi connectivity index (χ0n) is 11.8. The van der Waals surface area contributed by atoms with Gasteiger partial charge in [0.1, 0.15) is 0 Å². The molecule has 0 bridgehead atoms. The van der Waals surface area contributed by atoms with E-state index < -0.39 is 11.9 Å². The molecule has 0 aromatic rings. The van der Waals surface area contributed by atoms with Crippen LogP contribution in [0.3, 0.4) is 0 Å². The molecule has 20 heavy (non-hydrogen) atoms. The van der Waals surface area contributed by atoms with Crippen LogP contribution in [0.25, 0.3) is 0 Å². The van der Waals surface area contributed by atoms with E-state index in [-0.39, 0.29) is 12.0 Å². The molecule has 7 heteroatoms. The first kappa shape index (κ1) is 16.2. The predicted molar refractivity (Wildman–Crippen MR) is 75.5 cm³/mol. The Hall–Kier alpha value is -1.89. The lowest BCUT2D eigenvalue weighted by molar-refractivity contribution is -0.141. The summed E-state index contributed by atoms with van der Waals surface area (Å²) in [6.07, 6.45) is 1.73. The molecule has 1 saturated heterocycles. The summed E-state index contributed by atoms with van der Waals surface area (Å²) >= 11 is 0. The van der Waals surface area contributed by atoms with Crippen LogP contribution in [0.2, 0.25) is 0 Å². The van der Waals surface area contributed by atoms with E-state index in [1.165, 1.54) is 0 Å². The Morgan fingerprint density at radius 3 is 2.70 bits per heavy atom. The Labute approximate surface area is 118 Å². The van der Waals surface area contributed by atoms with Crippen LogP contribution in [0.15, 0.2) is 11.3 Å². The highest BCUT2D eigenvalue weighted by Crippen LogP contribution is 2.16. The van der Waals surface area contributed by atoms with Crippen molar-refractivity contribution in [1.82, 2.24) is 10.2 Å². The first-order valence-corrected chi connectivity index (χ1v) is 6.58. The number of nitrogens with zero attached hydrogens (tertiary/aromatic N) is 1. The largest absolute Gasteiger partial charge is 0.481 e. The van der Waals surface area contributed by atoms with E-state index in [9.17, 15) is 9.59 Å². The number of carboxylic acid groups (broad SMARTS) is 1. The molecule has 7 nitrogen and oxygen atoms in total. The van der Waals surface area contributed by atoms with E-state index in [2.05, 4.69) is 10.2 Å². The SMILES string of the molecule is C/C(C(N)=O)=C(/C=N)NC(C)CN1CCC(C(=O)O)C1. The van der Waals surface area contributed by atoms with Crippen molar-refractivity contribution < 1.29 is 14.7 Å². The molecule has 0 aliphatic carbocycles. The average molecular weight is 282 g/mol. The quantitative estimate of drug-likeness (QED) is 0.380. The number of carbonyl (C=O) groups excluding carboxylic acids is 1. The van der Waals surface area contributed by atoms with Crippen molar-refractivity contribution in [1.29, 1.82) is 5.41 Å². The van der Waals surface area contributed by atoms with Gasteiger partial charge in [0.2, 0.25) is 5.91 Å². The Morgan fingerprint density at radius 2 is 2.25 bits per heavy atom. The Morgan fingerprint density at radius 1 is 1.60 bits per heavy atom. The summed E-state index contributed by atoms with van der Waals surface area (Å²) < 4.78 is 0. The second-order valence-corrected chi connectivity index (χ2v) is 5.18. The van der Waals surface area contributed by atoms with E-state index in [4.69, 9.17) is 16.2 Å². The van der Waals surface area contributed by atoms with Gasteiger partial charge >= 0.3 is 5.97 Å². The number of carbonyl (C=O) groups is 2. The first-order chi connectivity index (χ1) is 9.35. The smallest absolute Gasteiger partial charge is 0.307 e. The predicted octanol–water partition coefficient (Wildman–Crippen LogP) is -0.220. The first-order valence-electron chi connectivity index (χ1n) is 6.58. The Balaban J connectivity index is 2.54. The second-order valence-electron chi connectivity index (χ2n) is 5.18. The fourth-order valence-corrected chi connectivity index (χ4v) is 2.29. The number of primary amides is 1. The molecule has 2 unspecified atom stereocenters. The summed E-state index contributed by atoms with van der Waals surface area (Å²) in [4.78, 5) is 24.0. The normalized spacial score (nSPS) is 22.0. The minimum absolute atomic E-state index is 0.00607. The van der Waals surface area contributed by atoms with Crippen LogP contribution >= 0.6 is 0 Å². The van der Waals surface area contributed by atoms with Crippen molar-refractivity contribution in [2.45, 2.75) is 26.3 Å². The molecule has 0 aromatic carbocycles. The van der Waals surface area contributed by atoms with E-state index >= 15 is 0 Å². The summed E-state index contributed by atoms with van der Waals surface area (Å²) in [5.41, 5.74) is 5.91. The molecule has 1 aliphatic heterocycles. The van der Waals surface area contributed by atoms with Crippen LogP contribution in [0, 0.1) is 11.3 Å². The van der Waals surface area contributed by atoms with Crippen LogP contribution in [-0.4, -0.2) is 53.8 Å². The van der Waals surface area contributed by atoms with Crippen LogP contribution in [0.4, 0.5) is 0 Å². The number of hydrogen-bond acceptors (Lipinski definition) is 5. The van der Waals surface area contributed by atoms with Gasteiger partial charge in [-0.3, -0.25) is 9.59 Å². The van der Waals surface area contributed by atoms with Gasteiger partial charge in [0.05, 0.1) is 11.6 Å². The van der Waals surface area contributed by atoms with E-state index in [1.807, 2.05) is 6.92 Å². The van der Waals surface area contributed by atoms with Crippen molar-refractivity contribution in [2.75, 3.05) is 19.6 Å². The number of likely N-dealkylation sites (tertiary alicyclic amines) is 1. The highest BCUT2D eigenvalue weighted by Gasteiger charge is 2.28. The summed E-state index contributed by atoms with van der Waals surface area (Å²) in [5.74, 6) is -1.61. The van der Waals surface area contributed by atoms with Gasteiger partial charge in [0.25, 0.3) is 0 Å². The number of carboxylic acids is 1. The number of rotatable bonds is 7. The summed E-state index contributed by atoms with van der Waals surface area (Å²) in [5, 5.41) is 19.3. The van der Waals surface area contributed by atoms with Gasteiger partial charge in [-0.2, -0.15) is 0 Å². The minimum atomic E-state index is -0.752. The number of amides is 1. The van der Waals surface area contributed by atoms with Gasteiger partial charge in [-0.1, -0.05) is 0 Å². The lowest BCUT2D eigenvalue weighted by Crippen LogP contribution is -2.39. The molecule has 5 N–H and O–H groups in total. The zero-order chi connectivity index (χ0) is 15.3. The number of nitrogens with one attached hydrogen (secondary N) is 2. The van der Waals surface area contributed by atoms with Gasteiger partial charge in [0, 0.05) is 30.9 Å². The highest BCUT2D eigenvalue weighted by atomic mass is 16.4. The van der Waals surface area contributed by atoms with E-state index in [0.717, 1.165) is 12.8 Å². The maximum Gasteiger partial charge on any atom is 0.307 e. The fourth-order valence-electron chi connectivity index (χ4n) is 2.29. The van der Waals surface area contributed by atoms with Crippen molar-refractivity contribution in [3.05, 3.63) is 11.3 Å². The average Bonchev–Trinajstić information content (AvgIpc) is 2.83. The molecule has 0 radical (unpaired) electrons. The summed E-state index contributed by atoms with van der Waals surface area (Å²) in [6, 6.07) is -0.00607. The summed E-state index contributed by atoms with van der Waals surface area (Å²) in [6.45, 7) is 5.44. The highest BCUT2D eigenvalue weighted by molar-refractivity contribution is 5.97. The van der Waals surface area contributed by atoms with Crippen LogP contribution in [0.5, 0.6) is 0 Å². The molecular weight excluding hydrogens is 260 g/mol. The molecule has 2 atom stereocenters. The number of allylic oxidation sites excluding steroid dienone is 1. The van der Waals surface area contributed by atoms with Gasteiger partial charge in [0.15, 0.2) is 0 Å². The fraction of sp³-hybridized carbons (Fsp3) is 0.615. The number of aliphatic carboxylic acids is 1. The van der Waals surface area contributed by atoms with Gasteiger partial charge in [-0.15, -0.1) is 0 Å². The third kappa shape index (κ3) is 4.34. The minimum Gasteiger partial charge on any atom is -0.481 e. The molecule has 112 valence electrons. The van der Waals surface area contributed by atoms with Crippen molar-refractivity contribution >= 4 is 18.1 Å². The molecule has 1 aliphatic rings. The standard InChI is InChI=1S/C13H22N4O3/c1-8(16-11(5-14)9(2)12(15)18)6-17-4-3-10(7-17)13(19)20/h5,8,10,14,16H,3-4,6-7H2,1-2H3,(H2,15,18)(H,19,20)/b11-9+,14-5?. The molecular formula is C13H22N4O3. The molecule has 1 rings (SSSR count). The van der Waals surface area contributed by atoms with Gasteiger partial charge < -0.3 is 26.5 Å². The topological polar surface area (TPSA) is 120 Å². The van der Waals surface area contributed by atoms with Crippen molar-refractivity contribution in [3.63, 3.8) is 0 Å². The molecule has 0 saturated carbocycles. The Bertz CT molecular complexity index is 433. The van der Waals surface area contributed by atoms with E-state index in [0.29, 0.717) is 30.8 Å².